The van der Waals surface area contributed by atoms with E-state index in [-0.39, 0.29) is 11.7 Å². The maximum absolute atomic E-state index is 11.9. The second kappa shape index (κ2) is 6.14. The molecule has 2 N–H and O–H groups in total. The first-order valence-electron chi connectivity index (χ1n) is 6.32. The smallest absolute Gasteiger partial charge is 0.261 e. The van der Waals surface area contributed by atoms with Crippen molar-refractivity contribution in [3.05, 3.63) is 47.9 Å². The summed E-state index contributed by atoms with van der Waals surface area (Å²) >= 11 is 0. The number of hydrogen-bond donors (Lipinski definition) is 2. The first kappa shape index (κ1) is 14.0. The van der Waals surface area contributed by atoms with E-state index >= 15 is 0 Å². The number of carbonyl (C=O) groups is 1. The van der Waals surface area contributed by atoms with Gasteiger partial charge in [-0.05, 0) is 43.7 Å². The van der Waals surface area contributed by atoms with Crippen LogP contribution in [0.15, 0.2) is 41.0 Å². The van der Waals surface area contributed by atoms with E-state index in [1.54, 1.807) is 37.5 Å². The van der Waals surface area contributed by atoms with E-state index in [4.69, 9.17) is 9.15 Å². The van der Waals surface area contributed by atoms with Crippen LogP contribution in [0.3, 0.4) is 0 Å². The molecule has 2 rings (SSSR count). The Morgan fingerprint density at radius 3 is 2.90 bits per heavy atom. The summed E-state index contributed by atoms with van der Waals surface area (Å²) in [4.78, 5) is 11.9. The van der Waals surface area contributed by atoms with Crippen molar-refractivity contribution < 1.29 is 19.1 Å². The summed E-state index contributed by atoms with van der Waals surface area (Å²) in [5, 5.41) is 12.2. The number of carbonyl (C=O) groups excluding carboxylic acids is 1. The molecule has 0 radical (unpaired) electrons. The summed E-state index contributed by atoms with van der Waals surface area (Å²) in [6.45, 7) is 3.81. The lowest BCUT2D eigenvalue weighted by molar-refractivity contribution is -0.127. The Morgan fingerprint density at radius 1 is 1.45 bits per heavy atom. The number of nitrogens with one attached hydrogen (secondary N) is 1. The van der Waals surface area contributed by atoms with E-state index in [0.717, 1.165) is 5.56 Å². The summed E-state index contributed by atoms with van der Waals surface area (Å²) in [6, 6.07) is 8.40. The standard InChI is InChI=1S/C15H17NO4/c1-10-6-12(17)8-14(7-10)20-11(2)15(18)16-9-13-4-3-5-19-13/h3-8,11,17H,9H2,1-2H3,(H,16,18). The average molecular weight is 275 g/mol. The Balaban J connectivity index is 1.90. The van der Waals surface area contributed by atoms with Crippen LogP contribution in [0.4, 0.5) is 0 Å². The molecule has 1 amide bonds. The average Bonchev–Trinajstić information content (AvgIpc) is 2.87. The molecule has 0 spiro atoms. The van der Waals surface area contributed by atoms with Gasteiger partial charge in [-0.3, -0.25) is 4.79 Å². The highest BCUT2D eigenvalue weighted by molar-refractivity contribution is 5.80. The SMILES string of the molecule is Cc1cc(O)cc(OC(C)C(=O)NCc2ccco2)c1. The number of phenolic OH excluding ortho intramolecular Hbond substituents is 1. The molecule has 5 heteroatoms. The quantitative estimate of drug-likeness (QED) is 0.878. The molecule has 2 aromatic rings. The van der Waals surface area contributed by atoms with Gasteiger partial charge in [0.05, 0.1) is 12.8 Å². The van der Waals surface area contributed by atoms with E-state index < -0.39 is 6.10 Å². The Morgan fingerprint density at radius 2 is 2.25 bits per heavy atom. The number of ether oxygens (including phenoxy) is 1. The van der Waals surface area contributed by atoms with Gasteiger partial charge in [0.15, 0.2) is 6.10 Å². The molecule has 1 atom stereocenters. The van der Waals surface area contributed by atoms with Crippen LogP contribution in [0.2, 0.25) is 0 Å². The Labute approximate surface area is 117 Å². The molecule has 106 valence electrons. The van der Waals surface area contributed by atoms with Crippen LogP contribution in [-0.2, 0) is 11.3 Å². The van der Waals surface area contributed by atoms with Crippen LogP contribution < -0.4 is 10.1 Å². The van der Waals surface area contributed by atoms with Crippen LogP contribution in [0, 0.1) is 6.92 Å². The molecule has 0 fully saturated rings. The fraction of sp³-hybridized carbons (Fsp3) is 0.267. The molecule has 20 heavy (non-hydrogen) atoms. The number of aryl methyl sites for hydroxylation is 1. The highest BCUT2D eigenvalue weighted by atomic mass is 16.5. The molecule has 1 aromatic heterocycles. The van der Waals surface area contributed by atoms with Gasteiger partial charge in [0, 0.05) is 6.07 Å². The van der Waals surface area contributed by atoms with Gasteiger partial charge in [-0.1, -0.05) is 0 Å². The van der Waals surface area contributed by atoms with E-state index in [2.05, 4.69) is 5.32 Å². The van der Waals surface area contributed by atoms with Crippen molar-refractivity contribution in [1.82, 2.24) is 5.32 Å². The lowest BCUT2D eigenvalue weighted by atomic mass is 10.2. The highest BCUT2D eigenvalue weighted by Crippen LogP contribution is 2.22. The normalized spacial score (nSPS) is 11.9. The predicted octanol–water partition coefficient (Wildman–Crippen LogP) is 2.38. The molecule has 1 unspecified atom stereocenters. The number of benzene rings is 1. The molecule has 0 bridgehead atoms. The third-order valence-electron chi connectivity index (χ3n) is 2.73. The minimum atomic E-state index is -0.661. The minimum absolute atomic E-state index is 0.114. The lowest BCUT2D eigenvalue weighted by Gasteiger charge is -2.15. The third-order valence-corrected chi connectivity index (χ3v) is 2.73. The Hall–Kier alpha value is -2.43. The van der Waals surface area contributed by atoms with E-state index in [9.17, 15) is 9.90 Å². The maximum Gasteiger partial charge on any atom is 0.261 e. The van der Waals surface area contributed by atoms with Gasteiger partial charge in [0.1, 0.15) is 17.3 Å². The molecule has 0 aliphatic carbocycles. The molecule has 1 aromatic carbocycles. The number of aromatic hydroxyl groups is 1. The van der Waals surface area contributed by atoms with Crippen molar-refractivity contribution in [2.45, 2.75) is 26.5 Å². The largest absolute Gasteiger partial charge is 0.508 e. The number of furan rings is 1. The van der Waals surface area contributed by atoms with Crippen LogP contribution in [0.1, 0.15) is 18.2 Å². The Kier molecular flexibility index (Phi) is 4.30. The van der Waals surface area contributed by atoms with Crippen LogP contribution in [0.25, 0.3) is 0 Å². The molecule has 0 saturated heterocycles. The third kappa shape index (κ3) is 3.78. The van der Waals surface area contributed by atoms with Gasteiger partial charge in [-0.15, -0.1) is 0 Å². The van der Waals surface area contributed by atoms with Crippen LogP contribution in [0.5, 0.6) is 11.5 Å². The van der Waals surface area contributed by atoms with E-state index in [1.165, 1.54) is 6.07 Å². The summed E-state index contributed by atoms with van der Waals surface area (Å²) in [5.74, 6) is 1.01. The number of hydrogen-bond acceptors (Lipinski definition) is 4. The number of amides is 1. The maximum atomic E-state index is 11.9. The first-order valence-corrected chi connectivity index (χ1v) is 6.32. The second-order valence-corrected chi connectivity index (χ2v) is 4.56. The monoisotopic (exact) mass is 275 g/mol. The van der Waals surface area contributed by atoms with Crippen LogP contribution in [-0.4, -0.2) is 17.1 Å². The van der Waals surface area contributed by atoms with Crippen molar-refractivity contribution in [3.63, 3.8) is 0 Å². The topological polar surface area (TPSA) is 71.7 Å². The lowest BCUT2D eigenvalue weighted by Crippen LogP contribution is -2.35. The van der Waals surface area contributed by atoms with Crippen molar-refractivity contribution in [1.29, 1.82) is 0 Å². The molecule has 1 heterocycles. The molecular formula is C15H17NO4. The second-order valence-electron chi connectivity index (χ2n) is 4.56. The molecule has 0 aliphatic rings. The van der Waals surface area contributed by atoms with Gasteiger partial charge in [0.25, 0.3) is 5.91 Å². The van der Waals surface area contributed by atoms with Crippen molar-refractivity contribution in [3.8, 4) is 11.5 Å². The zero-order valence-corrected chi connectivity index (χ0v) is 11.4. The fourth-order valence-corrected chi connectivity index (χ4v) is 1.79. The van der Waals surface area contributed by atoms with Crippen molar-refractivity contribution in [2.24, 2.45) is 0 Å². The Bertz CT molecular complexity index is 557. The molecule has 5 nitrogen and oxygen atoms in total. The highest BCUT2D eigenvalue weighted by Gasteiger charge is 2.15. The number of rotatable bonds is 5. The van der Waals surface area contributed by atoms with E-state index in [0.29, 0.717) is 18.1 Å². The van der Waals surface area contributed by atoms with Gasteiger partial charge < -0.3 is 19.6 Å². The molecular weight excluding hydrogens is 258 g/mol. The number of phenols is 1. The first-order chi connectivity index (χ1) is 9.54. The summed E-state index contributed by atoms with van der Waals surface area (Å²) in [5.41, 5.74) is 0.864. The van der Waals surface area contributed by atoms with Crippen LogP contribution >= 0.6 is 0 Å². The molecule has 0 saturated carbocycles. The fourth-order valence-electron chi connectivity index (χ4n) is 1.79. The minimum Gasteiger partial charge on any atom is -0.508 e. The van der Waals surface area contributed by atoms with Gasteiger partial charge in [0.2, 0.25) is 0 Å². The zero-order valence-electron chi connectivity index (χ0n) is 11.4. The van der Waals surface area contributed by atoms with Crippen molar-refractivity contribution >= 4 is 5.91 Å². The summed E-state index contributed by atoms with van der Waals surface area (Å²) in [6.07, 6.45) is 0.892. The zero-order chi connectivity index (χ0) is 14.5. The van der Waals surface area contributed by atoms with Gasteiger partial charge in [-0.25, -0.2) is 0 Å². The van der Waals surface area contributed by atoms with E-state index in [1.807, 2.05) is 6.92 Å². The predicted molar refractivity (Wildman–Crippen MR) is 73.5 cm³/mol. The molecule has 0 aliphatic heterocycles. The summed E-state index contributed by atoms with van der Waals surface area (Å²) < 4.78 is 10.6. The van der Waals surface area contributed by atoms with Gasteiger partial charge in [-0.2, -0.15) is 0 Å². The van der Waals surface area contributed by atoms with Gasteiger partial charge >= 0.3 is 0 Å². The summed E-state index contributed by atoms with van der Waals surface area (Å²) in [7, 11) is 0. The van der Waals surface area contributed by atoms with Crippen molar-refractivity contribution in [2.75, 3.05) is 0 Å².